The van der Waals surface area contributed by atoms with Crippen LogP contribution in [0, 0.1) is 5.41 Å². The first-order chi connectivity index (χ1) is 12.2. The first-order valence-corrected chi connectivity index (χ1v) is 9.45. The first-order valence-electron chi connectivity index (χ1n) is 8.50. The average molecular weight is 350 g/mol. The van der Waals surface area contributed by atoms with Crippen LogP contribution in [0.1, 0.15) is 22.6 Å². The van der Waals surface area contributed by atoms with E-state index in [1.165, 1.54) is 11.3 Å². The summed E-state index contributed by atoms with van der Waals surface area (Å²) in [6.07, 6.45) is 7.33. The van der Waals surface area contributed by atoms with Crippen molar-refractivity contribution in [1.29, 1.82) is 0 Å². The van der Waals surface area contributed by atoms with Crippen molar-refractivity contribution in [1.82, 2.24) is 19.4 Å². The summed E-state index contributed by atoms with van der Waals surface area (Å²) in [5, 5.41) is 4.27. The van der Waals surface area contributed by atoms with Crippen molar-refractivity contribution in [2.24, 2.45) is 5.41 Å². The summed E-state index contributed by atoms with van der Waals surface area (Å²) in [6.45, 7) is 2.58. The Labute approximate surface area is 150 Å². The van der Waals surface area contributed by atoms with Crippen LogP contribution in [-0.2, 0) is 13.0 Å². The molecule has 0 aromatic carbocycles. The molecule has 0 aliphatic carbocycles. The molecular formula is C19H18N4OS. The maximum Gasteiger partial charge on any atom is 0.253 e. The third kappa shape index (κ3) is 2.40. The average Bonchev–Trinajstić information content (AvgIpc) is 3.40. The van der Waals surface area contributed by atoms with Crippen LogP contribution in [0.4, 0.5) is 0 Å². The Kier molecular flexibility index (Phi) is 3.28. The van der Waals surface area contributed by atoms with Gasteiger partial charge in [0.05, 0.1) is 11.9 Å². The largest absolute Gasteiger partial charge is 0.338 e. The number of nitrogens with zero attached hydrogens (tertiary/aromatic N) is 4. The highest BCUT2D eigenvalue weighted by atomic mass is 32.1. The van der Waals surface area contributed by atoms with Crippen LogP contribution < -0.4 is 0 Å². The van der Waals surface area contributed by atoms with Crippen LogP contribution >= 0.6 is 11.3 Å². The fourth-order valence-corrected chi connectivity index (χ4v) is 4.81. The summed E-state index contributed by atoms with van der Waals surface area (Å²) in [6, 6.07) is 5.73. The summed E-state index contributed by atoms with van der Waals surface area (Å²) in [5.41, 5.74) is 3.30. The van der Waals surface area contributed by atoms with Gasteiger partial charge in [-0.25, -0.2) is 4.98 Å². The molecule has 0 saturated carbocycles. The molecule has 25 heavy (non-hydrogen) atoms. The van der Waals surface area contributed by atoms with Gasteiger partial charge in [0.2, 0.25) is 0 Å². The lowest BCUT2D eigenvalue weighted by molar-refractivity contribution is 0.0771. The highest BCUT2D eigenvalue weighted by Gasteiger charge is 2.45. The topological polar surface area (TPSA) is 51.0 Å². The van der Waals surface area contributed by atoms with Gasteiger partial charge in [0.1, 0.15) is 5.82 Å². The number of likely N-dealkylation sites (tertiary alicyclic amines) is 1. The molecule has 3 aromatic rings. The Hall–Kier alpha value is -2.47. The summed E-state index contributed by atoms with van der Waals surface area (Å²) in [4.78, 5) is 23.4. The molecule has 0 N–H and O–H groups in total. The van der Waals surface area contributed by atoms with Gasteiger partial charge in [-0.1, -0.05) is 0 Å². The molecule has 1 spiro atoms. The number of aromatic nitrogens is 3. The monoisotopic (exact) mass is 350 g/mol. The van der Waals surface area contributed by atoms with Gasteiger partial charge in [-0.2, -0.15) is 11.3 Å². The lowest BCUT2D eigenvalue weighted by Crippen LogP contribution is -2.33. The van der Waals surface area contributed by atoms with Crippen LogP contribution in [0.15, 0.2) is 47.5 Å². The molecule has 1 fully saturated rings. The van der Waals surface area contributed by atoms with E-state index in [0.29, 0.717) is 0 Å². The van der Waals surface area contributed by atoms with Crippen molar-refractivity contribution >= 4 is 17.2 Å². The zero-order chi connectivity index (χ0) is 16.9. The molecule has 1 atom stereocenters. The Morgan fingerprint density at radius 2 is 2.08 bits per heavy atom. The van der Waals surface area contributed by atoms with E-state index in [4.69, 9.17) is 0 Å². The number of amides is 1. The van der Waals surface area contributed by atoms with Crippen LogP contribution in [0.3, 0.4) is 0 Å². The number of carbonyl (C=O) groups is 1. The third-order valence-electron chi connectivity index (χ3n) is 5.43. The molecule has 0 bridgehead atoms. The van der Waals surface area contributed by atoms with Gasteiger partial charge in [0.15, 0.2) is 0 Å². The van der Waals surface area contributed by atoms with Gasteiger partial charge in [0.25, 0.3) is 5.91 Å². The maximum atomic E-state index is 12.7. The molecule has 2 aliphatic heterocycles. The number of rotatable bonds is 2. The van der Waals surface area contributed by atoms with Gasteiger partial charge < -0.3 is 9.47 Å². The molecule has 5 heterocycles. The van der Waals surface area contributed by atoms with Gasteiger partial charge >= 0.3 is 0 Å². The van der Waals surface area contributed by atoms with Crippen LogP contribution in [0.25, 0.3) is 11.3 Å². The molecule has 0 unspecified atom stereocenters. The lowest BCUT2D eigenvalue weighted by atomic mass is 9.86. The number of thiophene rings is 1. The third-order valence-corrected chi connectivity index (χ3v) is 6.12. The SMILES string of the molecule is O=C(c1ccncc1)N1CC[C@]2(Cc3ncc(-c4ccsc4)n3C2)C1. The molecule has 2 aliphatic rings. The van der Waals surface area contributed by atoms with Gasteiger partial charge in [0, 0.05) is 60.4 Å². The van der Waals surface area contributed by atoms with E-state index in [-0.39, 0.29) is 11.3 Å². The number of carbonyl (C=O) groups excluding carboxylic acids is 1. The number of pyridine rings is 1. The fourth-order valence-electron chi connectivity index (χ4n) is 4.16. The van der Waals surface area contributed by atoms with Gasteiger partial charge in [-0.3, -0.25) is 9.78 Å². The minimum atomic E-state index is 0.113. The maximum absolute atomic E-state index is 12.7. The smallest absolute Gasteiger partial charge is 0.253 e. The minimum Gasteiger partial charge on any atom is -0.338 e. The predicted octanol–water partition coefficient (Wildman–Crippen LogP) is 3.10. The highest BCUT2D eigenvalue weighted by Crippen LogP contribution is 2.43. The van der Waals surface area contributed by atoms with Crippen molar-refractivity contribution < 1.29 is 4.79 Å². The van der Waals surface area contributed by atoms with E-state index < -0.39 is 0 Å². The van der Waals surface area contributed by atoms with Crippen molar-refractivity contribution in [3.05, 3.63) is 58.9 Å². The second-order valence-corrected chi connectivity index (χ2v) is 7.83. The molecule has 5 rings (SSSR count). The quantitative estimate of drug-likeness (QED) is 0.714. The van der Waals surface area contributed by atoms with E-state index >= 15 is 0 Å². The Morgan fingerprint density at radius 1 is 1.20 bits per heavy atom. The van der Waals surface area contributed by atoms with Crippen LogP contribution in [-0.4, -0.2) is 38.4 Å². The van der Waals surface area contributed by atoms with E-state index in [9.17, 15) is 4.79 Å². The summed E-state index contributed by atoms with van der Waals surface area (Å²) in [7, 11) is 0. The minimum absolute atomic E-state index is 0.113. The number of hydrogen-bond acceptors (Lipinski definition) is 4. The Bertz CT molecular complexity index is 918. The number of fused-ring (bicyclic) bond motifs is 1. The van der Waals surface area contributed by atoms with Crippen LogP contribution in [0.2, 0.25) is 0 Å². The van der Waals surface area contributed by atoms with Gasteiger partial charge in [-0.15, -0.1) is 0 Å². The Morgan fingerprint density at radius 3 is 2.88 bits per heavy atom. The summed E-state index contributed by atoms with van der Waals surface area (Å²) >= 11 is 1.71. The van der Waals surface area contributed by atoms with E-state index in [0.717, 1.165) is 43.9 Å². The second kappa shape index (κ2) is 5.52. The molecule has 6 heteroatoms. The summed E-state index contributed by atoms with van der Waals surface area (Å²) < 4.78 is 2.35. The molecular weight excluding hydrogens is 332 g/mol. The highest BCUT2D eigenvalue weighted by molar-refractivity contribution is 7.08. The Balaban J connectivity index is 1.37. The standard InChI is InChI=1S/C19H18N4OS/c24-18(14-1-5-20-6-2-14)22-7-4-19(12-22)9-17-21-10-16(23(17)13-19)15-3-8-25-11-15/h1-3,5-6,8,10-11H,4,7,9,12-13H2/t19-/m0/s1. The summed E-state index contributed by atoms with van der Waals surface area (Å²) in [5.74, 6) is 1.27. The second-order valence-electron chi connectivity index (χ2n) is 7.05. The normalized spacial score (nSPS) is 21.8. The molecule has 1 saturated heterocycles. The van der Waals surface area contributed by atoms with Gasteiger partial charge in [-0.05, 0) is 30.0 Å². The van der Waals surface area contributed by atoms with E-state index in [1.807, 2.05) is 11.1 Å². The van der Waals surface area contributed by atoms with Crippen molar-refractivity contribution in [3.8, 4) is 11.3 Å². The molecule has 5 nitrogen and oxygen atoms in total. The zero-order valence-corrected chi connectivity index (χ0v) is 14.6. The number of hydrogen-bond donors (Lipinski definition) is 0. The van der Waals surface area contributed by atoms with Crippen molar-refractivity contribution in [2.75, 3.05) is 13.1 Å². The molecule has 1 amide bonds. The lowest BCUT2D eigenvalue weighted by Gasteiger charge is -2.23. The van der Waals surface area contributed by atoms with Crippen LogP contribution in [0.5, 0.6) is 0 Å². The van der Waals surface area contributed by atoms with E-state index in [2.05, 4.69) is 31.4 Å². The van der Waals surface area contributed by atoms with Crippen molar-refractivity contribution in [3.63, 3.8) is 0 Å². The fraction of sp³-hybridized carbons (Fsp3) is 0.316. The molecule has 126 valence electrons. The van der Waals surface area contributed by atoms with E-state index in [1.54, 1.807) is 35.9 Å². The molecule has 0 radical (unpaired) electrons. The molecule has 3 aromatic heterocycles. The van der Waals surface area contributed by atoms with Crippen molar-refractivity contribution in [2.45, 2.75) is 19.4 Å². The predicted molar refractivity (Wildman–Crippen MR) is 96.4 cm³/mol. The first kappa shape index (κ1) is 14.8. The number of imidazole rings is 1. The zero-order valence-electron chi connectivity index (χ0n) is 13.8.